The molecule has 1 heterocycles. The van der Waals surface area contributed by atoms with E-state index < -0.39 is 12.0 Å². The first-order chi connectivity index (χ1) is 9.04. The minimum Gasteiger partial charge on any atom is -0.480 e. The summed E-state index contributed by atoms with van der Waals surface area (Å²) in [5.74, 6) is -0.146. The summed E-state index contributed by atoms with van der Waals surface area (Å²) in [6.45, 7) is 10.5. The molecule has 0 bridgehead atoms. The molecule has 1 aliphatic heterocycles. The minimum atomic E-state index is -0.757. The molecule has 0 amide bonds. The van der Waals surface area contributed by atoms with E-state index in [-0.39, 0.29) is 0 Å². The van der Waals surface area contributed by atoms with E-state index in [1.54, 1.807) is 0 Å². The van der Waals surface area contributed by atoms with Crippen molar-refractivity contribution in [1.29, 1.82) is 0 Å². The maximum Gasteiger partial charge on any atom is 0.320 e. The van der Waals surface area contributed by atoms with Crippen LogP contribution >= 0.6 is 0 Å². The van der Waals surface area contributed by atoms with Gasteiger partial charge in [0.05, 0.1) is 13.2 Å². The van der Waals surface area contributed by atoms with Gasteiger partial charge in [-0.3, -0.25) is 9.69 Å². The monoisotopic (exact) mass is 272 g/mol. The van der Waals surface area contributed by atoms with Crippen molar-refractivity contribution in [2.75, 3.05) is 32.8 Å². The van der Waals surface area contributed by atoms with E-state index in [0.29, 0.717) is 18.4 Å². The fourth-order valence-electron chi connectivity index (χ4n) is 2.53. The molecule has 5 heteroatoms. The molecule has 0 spiro atoms. The molecule has 0 aromatic heterocycles. The fourth-order valence-corrected chi connectivity index (χ4v) is 2.53. The zero-order valence-corrected chi connectivity index (χ0v) is 12.4. The number of hydrogen-bond donors (Lipinski definition) is 2. The van der Waals surface area contributed by atoms with Crippen molar-refractivity contribution < 1.29 is 14.6 Å². The average Bonchev–Trinajstić information content (AvgIpc) is 2.38. The summed E-state index contributed by atoms with van der Waals surface area (Å²) in [6.07, 6.45) is 1.70. The van der Waals surface area contributed by atoms with E-state index in [0.717, 1.165) is 39.3 Å². The summed E-state index contributed by atoms with van der Waals surface area (Å²) in [7, 11) is 0. The van der Waals surface area contributed by atoms with Gasteiger partial charge < -0.3 is 15.2 Å². The van der Waals surface area contributed by atoms with Crippen LogP contribution in [0.5, 0.6) is 0 Å². The smallest absolute Gasteiger partial charge is 0.320 e. The summed E-state index contributed by atoms with van der Waals surface area (Å²) in [5, 5.41) is 12.3. The van der Waals surface area contributed by atoms with Gasteiger partial charge in [0.1, 0.15) is 6.04 Å². The highest BCUT2D eigenvalue weighted by molar-refractivity contribution is 5.73. The van der Waals surface area contributed by atoms with Gasteiger partial charge in [-0.05, 0) is 18.8 Å². The van der Waals surface area contributed by atoms with Gasteiger partial charge in [0.2, 0.25) is 0 Å². The van der Waals surface area contributed by atoms with Crippen LogP contribution in [0.3, 0.4) is 0 Å². The molecule has 2 unspecified atom stereocenters. The van der Waals surface area contributed by atoms with Gasteiger partial charge in [-0.2, -0.15) is 0 Å². The molecule has 112 valence electrons. The predicted molar refractivity (Wildman–Crippen MR) is 75.4 cm³/mol. The Morgan fingerprint density at radius 1 is 1.37 bits per heavy atom. The summed E-state index contributed by atoms with van der Waals surface area (Å²) in [5.41, 5.74) is 0. The van der Waals surface area contributed by atoms with Crippen LogP contribution in [0.4, 0.5) is 0 Å². The Bertz CT molecular complexity index is 265. The Kier molecular flexibility index (Phi) is 7.34. The van der Waals surface area contributed by atoms with E-state index >= 15 is 0 Å². The van der Waals surface area contributed by atoms with Crippen molar-refractivity contribution in [2.45, 2.75) is 45.7 Å². The van der Waals surface area contributed by atoms with Gasteiger partial charge >= 0.3 is 5.97 Å². The lowest BCUT2D eigenvalue weighted by Crippen LogP contribution is -2.51. The molecule has 1 rings (SSSR count). The lowest BCUT2D eigenvalue weighted by atomic mass is 10.0. The minimum absolute atomic E-state index is 0.400. The number of hydrogen-bond acceptors (Lipinski definition) is 4. The number of carboxylic acids is 1. The molecule has 1 aliphatic rings. The van der Waals surface area contributed by atoms with Gasteiger partial charge in [0, 0.05) is 25.7 Å². The lowest BCUT2D eigenvalue weighted by molar-refractivity contribution is -0.139. The molecule has 0 aromatic rings. The zero-order valence-electron chi connectivity index (χ0n) is 12.4. The largest absolute Gasteiger partial charge is 0.480 e. The number of ether oxygens (including phenoxy) is 1. The number of aliphatic carboxylic acids is 1. The van der Waals surface area contributed by atoms with Crippen molar-refractivity contribution >= 4 is 5.97 Å². The lowest BCUT2D eigenvalue weighted by Gasteiger charge is -2.36. The Morgan fingerprint density at radius 3 is 2.47 bits per heavy atom. The predicted octanol–water partition coefficient (Wildman–Crippen LogP) is 1.19. The van der Waals surface area contributed by atoms with Crippen LogP contribution in [0.25, 0.3) is 0 Å². The first-order valence-corrected chi connectivity index (χ1v) is 7.32. The number of nitrogens with one attached hydrogen (secondary N) is 1. The highest BCUT2D eigenvalue weighted by Gasteiger charge is 2.23. The normalized spacial score (nSPS) is 20.4. The number of carbonyl (C=O) groups is 1. The molecule has 5 nitrogen and oxygen atoms in total. The van der Waals surface area contributed by atoms with Crippen LogP contribution in [0, 0.1) is 5.92 Å². The SMILES string of the molecule is CCC(NCC(CC(C)C)N1CCOCC1)C(=O)O. The van der Waals surface area contributed by atoms with E-state index in [2.05, 4.69) is 24.1 Å². The first kappa shape index (κ1) is 16.4. The topological polar surface area (TPSA) is 61.8 Å². The molecule has 0 aliphatic carbocycles. The highest BCUT2D eigenvalue weighted by atomic mass is 16.5. The second-order valence-electron chi connectivity index (χ2n) is 5.64. The third kappa shape index (κ3) is 5.89. The average molecular weight is 272 g/mol. The summed E-state index contributed by atoms with van der Waals surface area (Å²) in [6, 6.07) is -0.0343. The number of carboxylic acid groups (broad SMARTS) is 1. The molecule has 0 saturated carbocycles. The third-order valence-corrected chi connectivity index (χ3v) is 3.61. The summed E-state index contributed by atoms with van der Waals surface area (Å²) in [4.78, 5) is 13.5. The maximum atomic E-state index is 11.0. The number of nitrogens with zero attached hydrogens (tertiary/aromatic N) is 1. The molecule has 2 atom stereocenters. The molecule has 19 heavy (non-hydrogen) atoms. The van der Waals surface area contributed by atoms with Crippen molar-refractivity contribution in [3.05, 3.63) is 0 Å². The molecule has 0 aromatic carbocycles. The molecule has 1 saturated heterocycles. The molecule has 2 N–H and O–H groups in total. The van der Waals surface area contributed by atoms with Crippen molar-refractivity contribution in [1.82, 2.24) is 10.2 Å². The zero-order chi connectivity index (χ0) is 14.3. The van der Waals surface area contributed by atoms with Gasteiger partial charge in [-0.1, -0.05) is 20.8 Å². The van der Waals surface area contributed by atoms with Crippen LogP contribution in [-0.2, 0) is 9.53 Å². The number of rotatable bonds is 8. The van der Waals surface area contributed by atoms with Gasteiger partial charge in [0.25, 0.3) is 0 Å². The Hall–Kier alpha value is -0.650. The fraction of sp³-hybridized carbons (Fsp3) is 0.929. The maximum absolute atomic E-state index is 11.0. The van der Waals surface area contributed by atoms with E-state index in [1.807, 2.05) is 6.92 Å². The van der Waals surface area contributed by atoms with Crippen LogP contribution in [0.1, 0.15) is 33.6 Å². The molecular weight excluding hydrogens is 244 g/mol. The van der Waals surface area contributed by atoms with E-state index in [1.165, 1.54) is 0 Å². The van der Waals surface area contributed by atoms with Gasteiger partial charge in [0.15, 0.2) is 0 Å². The van der Waals surface area contributed by atoms with Crippen LogP contribution < -0.4 is 5.32 Å². The highest BCUT2D eigenvalue weighted by Crippen LogP contribution is 2.13. The number of morpholine rings is 1. The Labute approximate surface area is 116 Å². The standard InChI is InChI=1S/C14H28N2O3/c1-4-13(14(17)18)15-10-12(9-11(2)3)16-5-7-19-8-6-16/h11-13,15H,4-10H2,1-3H3,(H,17,18). The van der Waals surface area contributed by atoms with Crippen molar-refractivity contribution in [2.24, 2.45) is 5.92 Å². The quantitative estimate of drug-likeness (QED) is 0.695. The third-order valence-electron chi connectivity index (χ3n) is 3.61. The van der Waals surface area contributed by atoms with Crippen LogP contribution in [-0.4, -0.2) is 60.9 Å². The Balaban J connectivity index is 2.50. The summed E-state index contributed by atoms with van der Waals surface area (Å²) < 4.78 is 5.38. The first-order valence-electron chi connectivity index (χ1n) is 7.32. The van der Waals surface area contributed by atoms with Crippen LogP contribution in [0.15, 0.2) is 0 Å². The summed E-state index contributed by atoms with van der Waals surface area (Å²) >= 11 is 0. The van der Waals surface area contributed by atoms with Gasteiger partial charge in [-0.15, -0.1) is 0 Å². The molecule has 1 fully saturated rings. The van der Waals surface area contributed by atoms with Gasteiger partial charge in [-0.25, -0.2) is 0 Å². The van der Waals surface area contributed by atoms with Crippen molar-refractivity contribution in [3.8, 4) is 0 Å². The molecule has 0 radical (unpaired) electrons. The van der Waals surface area contributed by atoms with E-state index in [9.17, 15) is 4.79 Å². The van der Waals surface area contributed by atoms with Crippen molar-refractivity contribution in [3.63, 3.8) is 0 Å². The second kappa shape index (κ2) is 8.51. The van der Waals surface area contributed by atoms with Crippen LogP contribution in [0.2, 0.25) is 0 Å². The second-order valence-corrected chi connectivity index (χ2v) is 5.64. The Morgan fingerprint density at radius 2 is 2.00 bits per heavy atom. The van der Waals surface area contributed by atoms with E-state index in [4.69, 9.17) is 9.84 Å². The molecular formula is C14H28N2O3.